The highest BCUT2D eigenvalue weighted by Gasteiger charge is 2.13. The van der Waals surface area contributed by atoms with Crippen LogP contribution >= 0.6 is 11.6 Å². The molecule has 2 aromatic rings. The van der Waals surface area contributed by atoms with Crippen LogP contribution in [0.2, 0.25) is 5.02 Å². The van der Waals surface area contributed by atoms with Gasteiger partial charge in [0.1, 0.15) is 11.3 Å². The van der Waals surface area contributed by atoms with Crippen LogP contribution in [0.4, 0.5) is 0 Å². The van der Waals surface area contributed by atoms with E-state index in [0.29, 0.717) is 22.9 Å². The van der Waals surface area contributed by atoms with E-state index in [9.17, 15) is 9.59 Å². The number of ether oxygens (including phenoxy) is 2. The molecule has 1 N–H and O–H groups in total. The Kier molecular flexibility index (Phi) is 6.21. The van der Waals surface area contributed by atoms with E-state index >= 15 is 0 Å². The van der Waals surface area contributed by atoms with Gasteiger partial charge in [0, 0.05) is 11.6 Å². The summed E-state index contributed by atoms with van der Waals surface area (Å²) in [4.78, 5) is 23.8. The Labute approximate surface area is 145 Å². The van der Waals surface area contributed by atoms with E-state index in [0.717, 1.165) is 11.1 Å². The number of nitrogens with one attached hydrogen (secondary N) is 1. The molecule has 1 amide bonds. The zero-order valence-corrected chi connectivity index (χ0v) is 14.2. The van der Waals surface area contributed by atoms with Crippen LogP contribution in [0.5, 0.6) is 5.75 Å². The zero-order valence-electron chi connectivity index (χ0n) is 13.5. The van der Waals surface area contributed by atoms with Crippen LogP contribution in [0.15, 0.2) is 42.5 Å². The smallest absolute Gasteiger partial charge is 0.341 e. The summed E-state index contributed by atoms with van der Waals surface area (Å²) in [6.45, 7) is 0.299. The first-order valence-electron chi connectivity index (χ1n) is 7.30. The third-order valence-electron chi connectivity index (χ3n) is 3.41. The third kappa shape index (κ3) is 4.73. The van der Waals surface area contributed by atoms with Crippen molar-refractivity contribution in [3.63, 3.8) is 0 Å². The second kappa shape index (κ2) is 8.36. The Morgan fingerprint density at radius 2 is 1.88 bits per heavy atom. The average Bonchev–Trinajstić information content (AvgIpc) is 2.59. The van der Waals surface area contributed by atoms with E-state index in [1.807, 2.05) is 6.07 Å². The van der Waals surface area contributed by atoms with Crippen molar-refractivity contribution in [1.82, 2.24) is 5.32 Å². The first-order valence-corrected chi connectivity index (χ1v) is 7.67. The SMILES string of the molecule is COC(=O)c1cc(CNC(=O)Cc2cccc(Cl)c2)ccc1OC. The lowest BCUT2D eigenvalue weighted by atomic mass is 10.1. The number of carbonyl (C=O) groups excluding carboxylic acids is 2. The minimum Gasteiger partial charge on any atom is -0.496 e. The van der Waals surface area contributed by atoms with Crippen LogP contribution in [0.25, 0.3) is 0 Å². The van der Waals surface area contributed by atoms with Crippen molar-refractivity contribution in [1.29, 1.82) is 0 Å². The average molecular weight is 348 g/mol. The molecular weight excluding hydrogens is 330 g/mol. The number of esters is 1. The lowest BCUT2D eigenvalue weighted by Crippen LogP contribution is -2.24. The largest absolute Gasteiger partial charge is 0.496 e. The second-order valence-corrected chi connectivity index (χ2v) is 5.55. The molecule has 0 spiro atoms. The number of benzene rings is 2. The highest BCUT2D eigenvalue weighted by molar-refractivity contribution is 6.30. The Bertz CT molecular complexity index is 746. The lowest BCUT2D eigenvalue weighted by molar-refractivity contribution is -0.120. The van der Waals surface area contributed by atoms with Crippen molar-refractivity contribution in [3.8, 4) is 5.75 Å². The van der Waals surface area contributed by atoms with Gasteiger partial charge < -0.3 is 14.8 Å². The molecule has 0 saturated carbocycles. The number of hydrogen-bond donors (Lipinski definition) is 1. The number of methoxy groups -OCH3 is 2. The van der Waals surface area contributed by atoms with Gasteiger partial charge in [-0.2, -0.15) is 0 Å². The van der Waals surface area contributed by atoms with Gasteiger partial charge in [-0.05, 0) is 35.4 Å². The fourth-order valence-corrected chi connectivity index (χ4v) is 2.44. The molecule has 0 atom stereocenters. The van der Waals surface area contributed by atoms with Crippen molar-refractivity contribution in [2.75, 3.05) is 14.2 Å². The summed E-state index contributed by atoms with van der Waals surface area (Å²) < 4.78 is 9.87. The lowest BCUT2D eigenvalue weighted by Gasteiger charge is -2.10. The Hall–Kier alpha value is -2.53. The molecule has 2 aromatic carbocycles. The van der Waals surface area contributed by atoms with Crippen LogP contribution in [0.1, 0.15) is 21.5 Å². The first-order chi connectivity index (χ1) is 11.5. The minimum atomic E-state index is -0.487. The summed E-state index contributed by atoms with van der Waals surface area (Å²) in [6.07, 6.45) is 0.237. The van der Waals surface area contributed by atoms with Gasteiger partial charge in [-0.1, -0.05) is 29.8 Å². The molecule has 0 fully saturated rings. The predicted molar refractivity (Wildman–Crippen MR) is 91.3 cm³/mol. The first kappa shape index (κ1) is 17.8. The summed E-state index contributed by atoms with van der Waals surface area (Å²) >= 11 is 5.90. The molecule has 24 heavy (non-hydrogen) atoms. The van der Waals surface area contributed by atoms with Crippen molar-refractivity contribution in [2.24, 2.45) is 0 Å². The number of halogens is 1. The number of hydrogen-bond acceptors (Lipinski definition) is 4. The highest BCUT2D eigenvalue weighted by atomic mass is 35.5. The maximum absolute atomic E-state index is 12.0. The van der Waals surface area contributed by atoms with E-state index < -0.39 is 5.97 Å². The van der Waals surface area contributed by atoms with Crippen molar-refractivity contribution >= 4 is 23.5 Å². The van der Waals surface area contributed by atoms with Crippen molar-refractivity contribution in [2.45, 2.75) is 13.0 Å². The topological polar surface area (TPSA) is 64.6 Å². The normalized spacial score (nSPS) is 10.1. The van der Waals surface area contributed by atoms with E-state index in [1.165, 1.54) is 14.2 Å². The molecule has 0 saturated heterocycles. The Morgan fingerprint density at radius 3 is 2.54 bits per heavy atom. The fraction of sp³-hybridized carbons (Fsp3) is 0.222. The Balaban J connectivity index is 2.01. The molecular formula is C18H18ClNO4. The van der Waals surface area contributed by atoms with E-state index in [1.54, 1.807) is 36.4 Å². The molecule has 0 aliphatic carbocycles. The third-order valence-corrected chi connectivity index (χ3v) is 3.65. The van der Waals surface area contributed by atoms with Gasteiger partial charge in [0.05, 0.1) is 20.6 Å². The van der Waals surface area contributed by atoms with Gasteiger partial charge in [0.2, 0.25) is 5.91 Å². The van der Waals surface area contributed by atoms with Gasteiger partial charge >= 0.3 is 5.97 Å². The number of amides is 1. The molecule has 0 aliphatic heterocycles. The molecule has 0 aromatic heterocycles. The van der Waals surface area contributed by atoms with Crippen LogP contribution < -0.4 is 10.1 Å². The van der Waals surface area contributed by atoms with Gasteiger partial charge in [-0.3, -0.25) is 4.79 Å². The van der Waals surface area contributed by atoms with Gasteiger partial charge in [0.25, 0.3) is 0 Å². The van der Waals surface area contributed by atoms with Gasteiger partial charge in [-0.15, -0.1) is 0 Å². The van der Waals surface area contributed by atoms with Gasteiger partial charge in [0.15, 0.2) is 0 Å². The van der Waals surface area contributed by atoms with E-state index in [-0.39, 0.29) is 12.3 Å². The summed E-state index contributed by atoms with van der Waals surface area (Å²) in [6, 6.07) is 12.3. The Morgan fingerprint density at radius 1 is 1.08 bits per heavy atom. The zero-order chi connectivity index (χ0) is 17.5. The summed E-state index contributed by atoms with van der Waals surface area (Å²) in [7, 11) is 2.79. The van der Waals surface area contributed by atoms with Crippen molar-refractivity contribution in [3.05, 3.63) is 64.2 Å². The molecule has 126 valence electrons. The van der Waals surface area contributed by atoms with Crippen LogP contribution in [0, 0.1) is 0 Å². The molecule has 5 nitrogen and oxygen atoms in total. The molecule has 6 heteroatoms. The molecule has 0 heterocycles. The monoisotopic (exact) mass is 347 g/mol. The van der Waals surface area contributed by atoms with E-state index in [4.69, 9.17) is 21.1 Å². The summed E-state index contributed by atoms with van der Waals surface area (Å²) in [5.74, 6) is -0.192. The van der Waals surface area contributed by atoms with Crippen molar-refractivity contribution < 1.29 is 19.1 Å². The van der Waals surface area contributed by atoms with Crippen LogP contribution in [-0.2, 0) is 22.5 Å². The molecule has 0 aliphatic rings. The maximum atomic E-state index is 12.0. The standard InChI is InChI=1S/C18H18ClNO4/c1-23-16-7-6-13(9-15(16)18(22)24-2)11-20-17(21)10-12-4-3-5-14(19)8-12/h3-9H,10-11H2,1-2H3,(H,20,21). The van der Waals surface area contributed by atoms with Crippen LogP contribution in [-0.4, -0.2) is 26.1 Å². The molecule has 0 radical (unpaired) electrons. The number of rotatable bonds is 6. The van der Waals surface area contributed by atoms with Gasteiger partial charge in [-0.25, -0.2) is 4.79 Å². The quantitative estimate of drug-likeness (QED) is 0.816. The predicted octanol–water partition coefficient (Wildman–Crippen LogP) is 2.99. The van der Waals surface area contributed by atoms with Crippen LogP contribution in [0.3, 0.4) is 0 Å². The summed E-state index contributed by atoms with van der Waals surface area (Å²) in [5, 5.41) is 3.41. The molecule has 0 unspecified atom stereocenters. The second-order valence-electron chi connectivity index (χ2n) is 5.11. The molecule has 2 rings (SSSR count). The minimum absolute atomic E-state index is 0.132. The summed E-state index contributed by atoms with van der Waals surface area (Å²) in [5.41, 5.74) is 1.93. The maximum Gasteiger partial charge on any atom is 0.341 e. The molecule has 0 bridgehead atoms. The van der Waals surface area contributed by atoms with E-state index in [2.05, 4.69) is 5.32 Å². The fourth-order valence-electron chi connectivity index (χ4n) is 2.23. The number of carbonyl (C=O) groups is 2. The highest BCUT2D eigenvalue weighted by Crippen LogP contribution is 2.20.